The molecule has 1 aromatic carbocycles. The zero-order chi connectivity index (χ0) is 14.0. The van der Waals surface area contributed by atoms with Crippen LogP contribution in [-0.4, -0.2) is 14.2 Å². The normalized spacial score (nSPS) is 12.3. The van der Waals surface area contributed by atoms with Crippen LogP contribution in [0.3, 0.4) is 0 Å². The van der Waals surface area contributed by atoms with Crippen LogP contribution in [-0.2, 0) is 0 Å². The molecule has 0 spiro atoms. The van der Waals surface area contributed by atoms with E-state index in [4.69, 9.17) is 38.4 Å². The number of hydrogen-bond donors (Lipinski definition) is 1. The Kier molecular flexibility index (Phi) is 4.58. The fraction of sp³-hybridized carbons (Fsp3) is 0.231. The van der Waals surface area contributed by atoms with Gasteiger partial charge in [-0.2, -0.15) is 0 Å². The minimum Gasteiger partial charge on any atom is -0.493 e. The van der Waals surface area contributed by atoms with Gasteiger partial charge in [-0.15, -0.1) is 11.3 Å². The van der Waals surface area contributed by atoms with Crippen LogP contribution < -0.4 is 15.2 Å². The van der Waals surface area contributed by atoms with Crippen LogP contribution in [0.5, 0.6) is 11.5 Å². The Morgan fingerprint density at radius 1 is 1.11 bits per heavy atom. The average molecular weight is 318 g/mol. The van der Waals surface area contributed by atoms with Gasteiger partial charge in [-0.25, -0.2) is 0 Å². The first-order chi connectivity index (χ1) is 9.06. The van der Waals surface area contributed by atoms with Crippen molar-refractivity contribution in [2.24, 2.45) is 5.73 Å². The van der Waals surface area contributed by atoms with Crippen molar-refractivity contribution in [3.05, 3.63) is 44.1 Å². The third-order valence-electron chi connectivity index (χ3n) is 2.74. The number of nitrogens with two attached hydrogens (primary N) is 1. The topological polar surface area (TPSA) is 44.5 Å². The van der Waals surface area contributed by atoms with E-state index < -0.39 is 0 Å². The van der Waals surface area contributed by atoms with Crippen molar-refractivity contribution in [1.82, 2.24) is 0 Å². The lowest BCUT2D eigenvalue weighted by Crippen LogP contribution is -2.11. The van der Waals surface area contributed by atoms with Gasteiger partial charge in [-0.05, 0) is 23.8 Å². The van der Waals surface area contributed by atoms with E-state index in [9.17, 15) is 0 Å². The number of methoxy groups -OCH3 is 2. The van der Waals surface area contributed by atoms with Crippen LogP contribution in [0.25, 0.3) is 0 Å². The smallest absolute Gasteiger partial charge is 0.162 e. The fourth-order valence-corrected chi connectivity index (χ4v) is 3.11. The Morgan fingerprint density at radius 3 is 2.26 bits per heavy atom. The molecule has 0 amide bonds. The summed E-state index contributed by atoms with van der Waals surface area (Å²) in [5.41, 5.74) is 6.99. The number of thiophene rings is 1. The molecule has 0 saturated carbocycles. The van der Waals surface area contributed by atoms with Crippen LogP contribution in [0.2, 0.25) is 9.36 Å². The maximum Gasteiger partial charge on any atom is 0.162 e. The predicted octanol–water partition coefficient (Wildman–Crippen LogP) is 4.12. The van der Waals surface area contributed by atoms with Gasteiger partial charge in [-0.3, -0.25) is 0 Å². The summed E-state index contributed by atoms with van der Waals surface area (Å²) in [6.45, 7) is 0. The molecule has 3 nitrogen and oxygen atoms in total. The Bertz CT molecular complexity index is 586. The number of hydrogen-bond acceptors (Lipinski definition) is 4. The Morgan fingerprint density at radius 2 is 1.74 bits per heavy atom. The molecule has 6 heteroatoms. The van der Waals surface area contributed by atoms with Gasteiger partial charge in [0.25, 0.3) is 0 Å². The van der Waals surface area contributed by atoms with E-state index in [0.717, 1.165) is 10.4 Å². The Hall–Kier alpha value is -0.940. The SMILES string of the molecule is COc1cc(Cl)c(C(N)c2ccc(Cl)s2)cc1OC. The molecule has 0 saturated heterocycles. The quantitative estimate of drug-likeness (QED) is 0.922. The van der Waals surface area contributed by atoms with Gasteiger partial charge in [0.05, 0.1) is 24.6 Å². The third-order valence-corrected chi connectivity index (χ3v) is 4.38. The van der Waals surface area contributed by atoms with E-state index in [1.165, 1.54) is 11.3 Å². The third kappa shape index (κ3) is 2.98. The maximum absolute atomic E-state index is 6.24. The first-order valence-electron chi connectivity index (χ1n) is 5.49. The van der Waals surface area contributed by atoms with Gasteiger partial charge in [0.15, 0.2) is 11.5 Å². The second-order valence-corrected chi connectivity index (χ2v) is 6.00. The molecule has 0 bridgehead atoms. The van der Waals surface area contributed by atoms with Gasteiger partial charge in [0.2, 0.25) is 0 Å². The summed E-state index contributed by atoms with van der Waals surface area (Å²) in [4.78, 5) is 0.944. The van der Waals surface area contributed by atoms with E-state index in [2.05, 4.69) is 0 Å². The van der Waals surface area contributed by atoms with Gasteiger partial charge < -0.3 is 15.2 Å². The highest BCUT2D eigenvalue weighted by atomic mass is 35.5. The molecular weight excluding hydrogens is 305 g/mol. The molecule has 1 aromatic heterocycles. The molecule has 1 unspecified atom stereocenters. The molecule has 1 atom stereocenters. The van der Waals surface area contributed by atoms with Crippen molar-refractivity contribution in [2.75, 3.05) is 14.2 Å². The fourth-order valence-electron chi connectivity index (χ4n) is 1.76. The lowest BCUT2D eigenvalue weighted by molar-refractivity contribution is 0.354. The summed E-state index contributed by atoms with van der Waals surface area (Å²) in [6.07, 6.45) is 0. The largest absolute Gasteiger partial charge is 0.493 e. The lowest BCUT2D eigenvalue weighted by Gasteiger charge is -2.15. The lowest BCUT2D eigenvalue weighted by atomic mass is 10.1. The minimum absolute atomic E-state index is 0.343. The second kappa shape index (κ2) is 6.01. The first-order valence-corrected chi connectivity index (χ1v) is 7.06. The van der Waals surface area contributed by atoms with E-state index >= 15 is 0 Å². The minimum atomic E-state index is -0.343. The highest BCUT2D eigenvalue weighted by Crippen LogP contribution is 2.38. The van der Waals surface area contributed by atoms with Crippen LogP contribution in [0.15, 0.2) is 24.3 Å². The van der Waals surface area contributed by atoms with Crippen molar-refractivity contribution in [2.45, 2.75) is 6.04 Å². The van der Waals surface area contributed by atoms with E-state index in [1.807, 2.05) is 12.1 Å². The Balaban J connectivity index is 2.44. The van der Waals surface area contributed by atoms with Crippen molar-refractivity contribution >= 4 is 34.5 Å². The number of benzene rings is 1. The van der Waals surface area contributed by atoms with Crippen molar-refractivity contribution < 1.29 is 9.47 Å². The summed E-state index contributed by atoms with van der Waals surface area (Å²) in [5, 5.41) is 0.537. The second-order valence-electron chi connectivity index (χ2n) is 3.85. The zero-order valence-corrected chi connectivity index (χ0v) is 12.8. The zero-order valence-electron chi connectivity index (χ0n) is 10.4. The number of rotatable bonds is 4. The summed E-state index contributed by atoms with van der Waals surface area (Å²) < 4.78 is 11.2. The molecule has 1 heterocycles. The van der Waals surface area contributed by atoms with Crippen LogP contribution in [0.4, 0.5) is 0 Å². The maximum atomic E-state index is 6.24. The predicted molar refractivity (Wildman–Crippen MR) is 79.9 cm³/mol. The summed E-state index contributed by atoms with van der Waals surface area (Å²) in [5.74, 6) is 1.17. The van der Waals surface area contributed by atoms with Gasteiger partial charge in [0, 0.05) is 16.0 Å². The summed E-state index contributed by atoms with van der Waals surface area (Å²) in [7, 11) is 3.13. The molecule has 0 aliphatic heterocycles. The standard InChI is InChI=1S/C13H13Cl2NO2S/c1-17-9-5-7(8(14)6-10(9)18-2)13(16)11-3-4-12(15)19-11/h3-6,13H,16H2,1-2H3. The van der Waals surface area contributed by atoms with E-state index in [-0.39, 0.29) is 6.04 Å². The molecule has 2 aromatic rings. The highest BCUT2D eigenvalue weighted by molar-refractivity contribution is 7.16. The summed E-state index contributed by atoms with van der Waals surface area (Å²) >= 11 is 13.6. The van der Waals surface area contributed by atoms with Crippen molar-refractivity contribution in [3.8, 4) is 11.5 Å². The van der Waals surface area contributed by atoms with Crippen LogP contribution in [0.1, 0.15) is 16.5 Å². The van der Waals surface area contributed by atoms with Crippen molar-refractivity contribution in [1.29, 1.82) is 0 Å². The molecule has 2 rings (SSSR count). The van der Waals surface area contributed by atoms with E-state index in [0.29, 0.717) is 20.9 Å². The van der Waals surface area contributed by atoms with Crippen LogP contribution in [0, 0.1) is 0 Å². The molecule has 2 N–H and O–H groups in total. The highest BCUT2D eigenvalue weighted by Gasteiger charge is 2.18. The van der Waals surface area contributed by atoms with E-state index in [1.54, 1.807) is 26.4 Å². The molecule has 0 fully saturated rings. The first kappa shape index (κ1) is 14.5. The summed E-state index contributed by atoms with van der Waals surface area (Å²) in [6, 6.07) is 6.86. The Labute approximate surface area is 125 Å². The monoisotopic (exact) mass is 317 g/mol. The molecule has 0 radical (unpaired) electrons. The van der Waals surface area contributed by atoms with Gasteiger partial charge >= 0.3 is 0 Å². The molecule has 19 heavy (non-hydrogen) atoms. The van der Waals surface area contributed by atoms with Gasteiger partial charge in [-0.1, -0.05) is 23.2 Å². The van der Waals surface area contributed by atoms with Crippen LogP contribution >= 0.6 is 34.5 Å². The average Bonchev–Trinajstić information content (AvgIpc) is 2.84. The van der Waals surface area contributed by atoms with Gasteiger partial charge in [0.1, 0.15) is 0 Å². The molecule has 102 valence electrons. The number of ether oxygens (including phenoxy) is 2. The van der Waals surface area contributed by atoms with Crippen molar-refractivity contribution in [3.63, 3.8) is 0 Å². The molecule has 0 aliphatic carbocycles. The molecular formula is C13H13Cl2NO2S. The molecule has 0 aliphatic rings. The number of halogens is 2.